The first-order chi connectivity index (χ1) is 10.1. The van der Waals surface area contributed by atoms with Crippen molar-refractivity contribution >= 4 is 11.9 Å². The Balaban J connectivity index is 1.93. The molecule has 7 nitrogen and oxygen atoms in total. The summed E-state index contributed by atoms with van der Waals surface area (Å²) in [6.07, 6.45) is 1.68. The van der Waals surface area contributed by atoms with E-state index in [1.807, 2.05) is 0 Å². The van der Waals surface area contributed by atoms with Crippen LogP contribution in [0.15, 0.2) is 30.6 Å². The zero-order valence-electron chi connectivity index (χ0n) is 11.0. The van der Waals surface area contributed by atoms with Gasteiger partial charge in [-0.05, 0) is 24.3 Å². The van der Waals surface area contributed by atoms with Crippen LogP contribution in [0, 0.1) is 0 Å². The summed E-state index contributed by atoms with van der Waals surface area (Å²) in [4.78, 5) is 32.2. The second-order valence-electron chi connectivity index (χ2n) is 4.87. The zero-order chi connectivity index (χ0) is 15.0. The molecule has 0 spiro atoms. The van der Waals surface area contributed by atoms with Crippen LogP contribution in [0.3, 0.4) is 0 Å². The summed E-state index contributed by atoms with van der Waals surface area (Å²) in [6.45, 7) is 0.173. The number of benzene rings is 1. The molecule has 3 rings (SSSR count). The molecule has 1 unspecified atom stereocenters. The Morgan fingerprint density at radius 2 is 2.00 bits per heavy atom. The first-order valence-electron chi connectivity index (χ1n) is 6.40. The number of H-pyrrole nitrogens is 1. The van der Waals surface area contributed by atoms with Gasteiger partial charge in [-0.3, -0.25) is 4.79 Å². The number of hydrogen-bond donors (Lipinski definition) is 3. The topological polar surface area (TPSA) is 107 Å². The Morgan fingerprint density at radius 1 is 1.29 bits per heavy atom. The largest absolute Gasteiger partial charge is 0.508 e. The van der Waals surface area contributed by atoms with Gasteiger partial charge in [0.1, 0.15) is 11.8 Å². The summed E-state index contributed by atoms with van der Waals surface area (Å²) in [7, 11) is 0. The normalized spacial score (nSPS) is 17.3. The lowest BCUT2D eigenvalue weighted by Gasteiger charge is -2.32. The first kappa shape index (κ1) is 13.2. The molecule has 0 aliphatic carbocycles. The molecular formula is C14H13N3O4. The second kappa shape index (κ2) is 4.93. The van der Waals surface area contributed by atoms with Crippen molar-refractivity contribution in [1.29, 1.82) is 0 Å². The van der Waals surface area contributed by atoms with Crippen LogP contribution >= 0.6 is 0 Å². The van der Waals surface area contributed by atoms with Crippen LogP contribution in [0.1, 0.15) is 21.7 Å². The van der Waals surface area contributed by atoms with Crippen molar-refractivity contribution in [2.45, 2.75) is 19.0 Å². The number of phenols is 1. The van der Waals surface area contributed by atoms with Crippen molar-refractivity contribution in [3.63, 3.8) is 0 Å². The Labute approximate surface area is 119 Å². The third kappa shape index (κ3) is 2.33. The van der Waals surface area contributed by atoms with Crippen molar-refractivity contribution in [2.75, 3.05) is 0 Å². The van der Waals surface area contributed by atoms with Crippen molar-refractivity contribution in [1.82, 2.24) is 14.9 Å². The number of phenolic OH excluding ortho intramolecular Hbond substituents is 1. The molecular weight excluding hydrogens is 274 g/mol. The van der Waals surface area contributed by atoms with Gasteiger partial charge in [0.25, 0.3) is 5.91 Å². The third-order valence-corrected chi connectivity index (χ3v) is 3.56. The maximum absolute atomic E-state index is 12.5. The Morgan fingerprint density at radius 3 is 2.67 bits per heavy atom. The minimum absolute atomic E-state index is 0.0517. The van der Waals surface area contributed by atoms with Gasteiger partial charge < -0.3 is 20.1 Å². The van der Waals surface area contributed by atoms with Crippen molar-refractivity contribution in [2.24, 2.45) is 0 Å². The van der Waals surface area contributed by atoms with Gasteiger partial charge in [0, 0.05) is 12.0 Å². The number of aromatic hydroxyl groups is 1. The van der Waals surface area contributed by atoms with Gasteiger partial charge in [0.2, 0.25) is 0 Å². The number of carboxylic acids is 1. The summed E-state index contributed by atoms with van der Waals surface area (Å²) < 4.78 is 0. The van der Waals surface area contributed by atoms with Gasteiger partial charge >= 0.3 is 5.97 Å². The van der Waals surface area contributed by atoms with Crippen molar-refractivity contribution in [3.8, 4) is 5.75 Å². The van der Waals surface area contributed by atoms with Crippen LogP contribution in [-0.4, -0.2) is 43.0 Å². The molecule has 0 saturated carbocycles. The first-order valence-corrected chi connectivity index (χ1v) is 6.40. The smallest absolute Gasteiger partial charge is 0.326 e. The van der Waals surface area contributed by atoms with Gasteiger partial charge in [-0.15, -0.1) is 0 Å². The molecule has 1 amide bonds. The number of hydrogen-bond acceptors (Lipinski definition) is 4. The molecule has 1 aliphatic heterocycles. The van der Waals surface area contributed by atoms with Crippen LogP contribution in [0.2, 0.25) is 0 Å². The monoisotopic (exact) mass is 287 g/mol. The summed E-state index contributed by atoms with van der Waals surface area (Å²) >= 11 is 0. The molecule has 2 aromatic rings. The lowest BCUT2D eigenvalue weighted by Crippen LogP contribution is -2.48. The van der Waals surface area contributed by atoms with E-state index in [0.29, 0.717) is 11.3 Å². The molecule has 0 bridgehead atoms. The Hall–Kier alpha value is -2.83. The van der Waals surface area contributed by atoms with Crippen LogP contribution in [0.5, 0.6) is 5.75 Å². The molecule has 3 N–H and O–H groups in total. The van der Waals surface area contributed by atoms with E-state index in [9.17, 15) is 19.8 Å². The number of carbonyl (C=O) groups is 2. The van der Waals surface area contributed by atoms with Gasteiger partial charge in [-0.25, -0.2) is 9.78 Å². The minimum atomic E-state index is -1.06. The summed E-state index contributed by atoms with van der Waals surface area (Å²) in [5.41, 5.74) is 1.76. The van der Waals surface area contributed by atoms with E-state index in [1.165, 1.54) is 35.5 Å². The molecule has 1 aromatic heterocycles. The fraction of sp³-hybridized carbons (Fsp3) is 0.214. The number of carboxylic acid groups (broad SMARTS) is 1. The maximum Gasteiger partial charge on any atom is 0.326 e. The van der Waals surface area contributed by atoms with E-state index in [1.54, 1.807) is 0 Å². The molecule has 7 heteroatoms. The number of rotatable bonds is 2. The fourth-order valence-corrected chi connectivity index (χ4v) is 2.44. The van der Waals surface area contributed by atoms with E-state index < -0.39 is 12.0 Å². The quantitative estimate of drug-likeness (QED) is 0.756. The number of fused-ring (bicyclic) bond motifs is 1. The zero-order valence-corrected chi connectivity index (χ0v) is 11.0. The number of amides is 1. The summed E-state index contributed by atoms with van der Waals surface area (Å²) in [5, 5.41) is 18.6. The van der Waals surface area contributed by atoms with Crippen LogP contribution in [0.25, 0.3) is 0 Å². The van der Waals surface area contributed by atoms with Crippen LogP contribution in [0.4, 0.5) is 0 Å². The number of imidazole rings is 1. The number of nitrogens with one attached hydrogen (secondary N) is 1. The fourth-order valence-electron chi connectivity index (χ4n) is 2.44. The third-order valence-electron chi connectivity index (χ3n) is 3.56. The Kier molecular flexibility index (Phi) is 3.09. The average Bonchev–Trinajstić information content (AvgIpc) is 2.93. The highest BCUT2D eigenvalue weighted by molar-refractivity contribution is 5.97. The lowest BCUT2D eigenvalue weighted by molar-refractivity contribution is -0.142. The number of carbonyl (C=O) groups excluding carboxylic acids is 1. The summed E-state index contributed by atoms with van der Waals surface area (Å²) in [5.74, 6) is -1.39. The number of aromatic amines is 1. The molecule has 1 aliphatic rings. The standard InChI is InChI=1S/C14H13N3O4/c18-9-3-1-8(2-4-9)13(19)17-6-11-10(15-7-16-11)5-12(17)14(20)21/h1-4,7,12,18H,5-6H2,(H,15,16)(H,20,21). The molecule has 1 atom stereocenters. The number of nitrogens with zero attached hydrogens (tertiary/aromatic N) is 2. The van der Waals surface area contributed by atoms with Gasteiger partial charge in [-0.1, -0.05) is 0 Å². The molecule has 0 fully saturated rings. The highest BCUT2D eigenvalue weighted by atomic mass is 16.4. The van der Waals surface area contributed by atoms with E-state index >= 15 is 0 Å². The molecule has 1 aromatic carbocycles. The van der Waals surface area contributed by atoms with Gasteiger partial charge in [0.15, 0.2) is 0 Å². The van der Waals surface area contributed by atoms with Gasteiger partial charge in [-0.2, -0.15) is 0 Å². The second-order valence-corrected chi connectivity index (χ2v) is 4.87. The SMILES string of the molecule is O=C(O)C1Cc2nc[nH]c2CN1C(=O)c1ccc(O)cc1. The molecule has 108 valence electrons. The average molecular weight is 287 g/mol. The van der Waals surface area contributed by atoms with E-state index in [0.717, 1.165) is 5.69 Å². The number of aromatic nitrogens is 2. The summed E-state index contributed by atoms with van der Waals surface area (Å²) in [6, 6.07) is 4.79. The van der Waals surface area contributed by atoms with Crippen LogP contribution in [-0.2, 0) is 17.8 Å². The Bertz CT molecular complexity index is 692. The number of aliphatic carboxylic acids is 1. The van der Waals surface area contributed by atoms with E-state index in [2.05, 4.69) is 9.97 Å². The van der Waals surface area contributed by atoms with Crippen molar-refractivity contribution < 1.29 is 19.8 Å². The van der Waals surface area contributed by atoms with Crippen LogP contribution < -0.4 is 0 Å². The van der Waals surface area contributed by atoms with E-state index in [4.69, 9.17) is 0 Å². The minimum Gasteiger partial charge on any atom is -0.508 e. The highest BCUT2D eigenvalue weighted by Crippen LogP contribution is 2.23. The molecule has 2 heterocycles. The molecule has 0 saturated heterocycles. The highest BCUT2D eigenvalue weighted by Gasteiger charge is 2.36. The predicted molar refractivity (Wildman–Crippen MR) is 71.7 cm³/mol. The van der Waals surface area contributed by atoms with E-state index in [-0.39, 0.29) is 24.6 Å². The maximum atomic E-state index is 12.5. The molecule has 21 heavy (non-hydrogen) atoms. The lowest BCUT2D eigenvalue weighted by atomic mass is 10.0. The molecule has 0 radical (unpaired) electrons. The van der Waals surface area contributed by atoms with Crippen molar-refractivity contribution in [3.05, 3.63) is 47.5 Å². The predicted octanol–water partition coefficient (Wildman–Crippen LogP) is 0.767. The van der Waals surface area contributed by atoms with Gasteiger partial charge in [0.05, 0.1) is 24.3 Å².